The summed E-state index contributed by atoms with van der Waals surface area (Å²) in [7, 11) is 0. The molecule has 27 heavy (non-hydrogen) atoms. The molecule has 0 aliphatic carbocycles. The molecule has 138 valence electrons. The molecule has 1 aliphatic heterocycles. The molecule has 0 bridgehead atoms. The number of nitrogens with one attached hydrogen (secondary N) is 2. The van der Waals surface area contributed by atoms with Gasteiger partial charge in [0.05, 0.1) is 13.2 Å². The molecule has 7 nitrogen and oxygen atoms in total. The molecule has 2 aromatic rings. The summed E-state index contributed by atoms with van der Waals surface area (Å²) in [6.07, 6.45) is 1.16. The molecule has 0 fully saturated rings. The molecule has 0 radical (unpaired) electrons. The van der Waals surface area contributed by atoms with Crippen LogP contribution in [0.5, 0.6) is 0 Å². The summed E-state index contributed by atoms with van der Waals surface area (Å²) in [6.45, 7) is -0.376. The van der Waals surface area contributed by atoms with Crippen LogP contribution in [0.15, 0.2) is 60.3 Å². The summed E-state index contributed by atoms with van der Waals surface area (Å²) < 4.78 is 0. The van der Waals surface area contributed by atoms with Crippen LogP contribution in [-0.4, -0.2) is 40.9 Å². The topological polar surface area (TPSA) is 98.7 Å². The first-order valence-electron chi connectivity index (χ1n) is 8.10. The van der Waals surface area contributed by atoms with Crippen LogP contribution in [0, 0.1) is 0 Å². The molecule has 3 amide bonds. The zero-order chi connectivity index (χ0) is 19.4. The van der Waals surface area contributed by atoms with E-state index < -0.39 is 11.8 Å². The summed E-state index contributed by atoms with van der Waals surface area (Å²) in [5, 5.41) is 15.0. The normalized spacial score (nSPS) is 13.6. The van der Waals surface area contributed by atoms with Crippen LogP contribution in [0.3, 0.4) is 0 Å². The second-order valence-electron chi connectivity index (χ2n) is 5.75. The molecule has 0 aromatic heterocycles. The highest BCUT2D eigenvalue weighted by atomic mass is 35.5. The fourth-order valence-corrected chi connectivity index (χ4v) is 2.76. The number of nitrogens with zero attached hydrogens (tertiary/aromatic N) is 1. The van der Waals surface area contributed by atoms with Gasteiger partial charge in [-0.1, -0.05) is 23.7 Å². The Bertz CT molecular complexity index is 942. The highest BCUT2D eigenvalue weighted by Crippen LogP contribution is 2.20. The van der Waals surface area contributed by atoms with Crippen molar-refractivity contribution in [2.75, 3.05) is 23.8 Å². The average molecular weight is 386 g/mol. The first-order chi connectivity index (χ1) is 13.0. The average Bonchev–Trinajstić information content (AvgIpc) is 2.90. The van der Waals surface area contributed by atoms with Gasteiger partial charge in [-0.25, -0.2) is 0 Å². The van der Waals surface area contributed by atoms with Gasteiger partial charge in [-0.15, -0.1) is 0 Å². The monoisotopic (exact) mass is 385 g/mol. The van der Waals surface area contributed by atoms with Gasteiger partial charge in [-0.2, -0.15) is 0 Å². The quantitative estimate of drug-likeness (QED) is 0.662. The number of aliphatic hydroxyl groups excluding tert-OH is 1. The van der Waals surface area contributed by atoms with Crippen molar-refractivity contribution in [2.45, 2.75) is 0 Å². The van der Waals surface area contributed by atoms with E-state index in [2.05, 4.69) is 10.6 Å². The molecule has 3 N–H and O–H groups in total. The zero-order valence-corrected chi connectivity index (χ0v) is 14.9. The second kappa shape index (κ2) is 8.03. The Morgan fingerprint density at radius 2 is 1.81 bits per heavy atom. The number of rotatable bonds is 6. The first-order valence-corrected chi connectivity index (χ1v) is 8.48. The van der Waals surface area contributed by atoms with E-state index in [1.165, 1.54) is 0 Å². The third-order valence-electron chi connectivity index (χ3n) is 3.82. The number of aliphatic hydroxyl groups is 1. The van der Waals surface area contributed by atoms with Crippen LogP contribution in [0.1, 0.15) is 10.4 Å². The van der Waals surface area contributed by atoms with Gasteiger partial charge in [-0.3, -0.25) is 19.3 Å². The van der Waals surface area contributed by atoms with Gasteiger partial charge < -0.3 is 15.7 Å². The number of benzene rings is 2. The maximum atomic E-state index is 12.4. The molecule has 3 rings (SSSR count). The zero-order valence-electron chi connectivity index (χ0n) is 14.1. The Labute approximate surface area is 160 Å². The Balaban J connectivity index is 1.72. The SMILES string of the molecule is O=C(Nc1cccc(Cl)c1)c1cccc(NC2=CC(=O)N(CCO)C2=O)c1. The predicted molar refractivity (Wildman–Crippen MR) is 101 cm³/mol. The van der Waals surface area contributed by atoms with Gasteiger partial charge in [0.25, 0.3) is 17.7 Å². The van der Waals surface area contributed by atoms with Gasteiger partial charge in [0.2, 0.25) is 0 Å². The minimum absolute atomic E-state index is 0.0680. The molecule has 1 aliphatic rings. The molecule has 1 heterocycles. The maximum Gasteiger partial charge on any atom is 0.277 e. The van der Waals surface area contributed by atoms with E-state index in [0.29, 0.717) is 22.0 Å². The molecule has 0 unspecified atom stereocenters. The van der Waals surface area contributed by atoms with Crippen molar-refractivity contribution >= 4 is 40.7 Å². The largest absolute Gasteiger partial charge is 0.395 e. The van der Waals surface area contributed by atoms with Crippen molar-refractivity contribution in [3.8, 4) is 0 Å². The van der Waals surface area contributed by atoms with Crippen LogP contribution in [-0.2, 0) is 9.59 Å². The third-order valence-corrected chi connectivity index (χ3v) is 4.05. The molecular formula is C19H16ClN3O4. The van der Waals surface area contributed by atoms with Crippen LogP contribution in [0.2, 0.25) is 5.02 Å². The highest BCUT2D eigenvalue weighted by molar-refractivity contribution is 6.31. The number of halogens is 1. The number of β-amino-alcohol motifs (C(OH)–C–C–N with tert-alkyl or cyclic N) is 1. The van der Waals surface area contributed by atoms with Crippen molar-refractivity contribution < 1.29 is 19.5 Å². The summed E-state index contributed by atoms with van der Waals surface area (Å²) in [5.41, 5.74) is 1.49. The number of anilines is 2. The molecule has 0 spiro atoms. The summed E-state index contributed by atoms with van der Waals surface area (Å²) in [6, 6.07) is 13.3. The molecule has 0 atom stereocenters. The van der Waals surface area contributed by atoms with Crippen LogP contribution >= 0.6 is 11.6 Å². The van der Waals surface area contributed by atoms with Gasteiger partial charge >= 0.3 is 0 Å². The van der Waals surface area contributed by atoms with E-state index >= 15 is 0 Å². The summed E-state index contributed by atoms with van der Waals surface area (Å²) >= 11 is 5.91. The van der Waals surface area contributed by atoms with Crippen LogP contribution in [0.25, 0.3) is 0 Å². The van der Waals surface area contributed by atoms with Gasteiger partial charge in [-0.05, 0) is 36.4 Å². The molecule has 0 saturated carbocycles. The fourth-order valence-electron chi connectivity index (χ4n) is 2.57. The van der Waals surface area contributed by atoms with Crippen molar-refractivity contribution in [3.63, 3.8) is 0 Å². The van der Waals surface area contributed by atoms with E-state index in [-0.39, 0.29) is 24.8 Å². The second-order valence-corrected chi connectivity index (χ2v) is 6.18. The Morgan fingerprint density at radius 3 is 2.56 bits per heavy atom. The van der Waals surface area contributed by atoms with Crippen molar-refractivity contribution in [1.29, 1.82) is 0 Å². The molecule has 2 aromatic carbocycles. The number of imide groups is 1. The minimum Gasteiger partial charge on any atom is -0.395 e. The van der Waals surface area contributed by atoms with E-state index in [9.17, 15) is 14.4 Å². The van der Waals surface area contributed by atoms with Gasteiger partial charge in [0, 0.05) is 28.0 Å². The lowest BCUT2D eigenvalue weighted by atomic mass is 10.1. The Kier molecular flexibility index (Phi) is 5.54. The Hall–Kier alpha value is -3.16. The number of amides is 3. The van der Waals surface area contributed by atoms with Crippen molar-refractivity contribution in [1.82, 2.24) is 4.90 Å². The predicted octanol–water partition coefficient (Wildman–Crippen LogP) is 2.25. The third kappa shape index (κ3) is 4.33. The molecular weight excluding hydrogens is 370 g/mol. The highest BCUT2D eigenvalue weighted by Gasteiger charge is 2.30. The lowest BCUT2D eigenvalue weighted by Gasteiger charge is -2.13. The first kappa shape index (κ1) is 18.6. The molecule has 8 heteroatoms. The fraction of sp³-hybridized carbons (Fsp3) is 0.105. The van der Waals surface area contributed by atoms with E-state index in [1.54, 1.807) is 48.5 Å². The van der Waals surface area contributed by atoms with E-state index in [1.807, 2.05) is 0 Å². The number of carbonyl (C=O) groups excluding carboxylic acids is 3. The van der Waals surface area contributed by atoms with Gasteiger partial charge in [0.15, 0.2) is 0 Å². The van der Waals surface area contributed by atoms with E-state index in [4.69, 9.17) is 16.7 Å². The maximum absolute atomic E-state index is 12.4. The standard InChI is InChI=1S/C19H16ClN3O4/c20-13-4-2-6-15(10-13)22-18(26)12-3-1-5-14(9-12)21-16-11-17(25)23(7-8-24)19(16)27/h1-6,9-11,21,24H,7-8H2,(H,22,26). The minimum atomic E-state index is -0.525. The summed E-state index contributed by atoms with van der Waals surface area (Å²) in [5.74, 6) is -1.36. The van der Waals surface area contributed by atoms with Crippen molar-refractivity contribution in [3.05, 3.63) is 70.9 Å². The smallest absolute Gasteiger partial charge is 0.277 e. The van der Waals surface area contributed by atoms with Gasteiger partial charge in [0.1, 0.15) is 5.70 Å². The number of carbonyl (C=O) groups is 3. The van der Waals surface area contributed by atoms with Crippen molar-refractivity contribution in [2.24, 2.45) is 0 Å². The Morgan fingerprint density at radius 1 is 1.07 bits per heavy atom. The van der Waals surface area contributed by atoms with Crippen LogP contribution < -0.4 is 10.6 Å². The summed E-state index contributed by atoms with van der Waals surface area (Å²) in [4.78, 5) is 37.3. The number of hydrogen-bond donors (Lipinski definition) is 3. The lowest BCUT2D eigenvalue weighted by molar-refractivity contribution is -0.137. The van der Waals surface area contributed by atoms with Crippen LogP contribution in [0.4, 0.5) is 11.4 Å². The number of hydrogen-bond acceptors (Lipinski definition) is 5. The lowest BCUT2D eigenvalue weighted by Crippen LogP contribution is -2.34. The van der Waals surface area contributed by atoms with E-state index in [0.717, 1.165) is 11.0 Å². The molecule has 0 saturated heterocycles.